The summed E-state index contributed by atoms with van der Waals surface area (Å²) in [5.74, 6) is 0.152. The van der Waals surface area contributed by atoms with E-state index in [-0.39, 0.29) is 16.5 Å². The van der Waals surface area contributed by atoms with Crippen molar-refractivity contribution in [2.75, 3.05) is 5.32 Å². The second-order valence-corrected chi connectivity index (χ2v) is 7.09. The van der Waals surface area contributed by atoms with Crippen molar-refractivity contribution in [2.45, 2.75) is 16.8 Å². The lowest BCUT2D eigenvalue weighted by molar-refractivity contribution is -0.387. The molecule has 0 aliphatic carbocycles. The molecule has 4 aromatic rings. The van der Waals surface area contributed by atoms with Gasteiger partial charge in [-0.05, 0) is 31.2 Å². The zero-order chi connectivity index (χ0) is 19.5. The van der Waals surface area contributed by atoms with Gasteiger partial charge in [-0.2, -0.15) is 0 Å². The van der Waals surface area contributed by atoms with Crippen LogP contribution < -0.4 is 5.32 Å². The molecule has 4 rings (SSSR count). The van der Waals surface area contributed by atoms with E-state index in [1.54, 1.807) is 6.20 Å². The Balaban J connectivity index is 1.74. The maximum Gasteiger partial charge on any atom is 0.343 e. The van der Waals surface area contributed by atoms with E-state index in [9.17, 15) is 10.1 Å². The number of pyridine rings is 1. The van der Waals surface area contributed by atoms with Crippen molar-refractivity contribution in [3.8, 4) is 0 Å². The van der Waals surface area contributed by atoms with E-state index in [0.29, 0.717) is 0 Å². The molecule has 28 heavy (non-hydrogen) atoms. The number of rotatable bonds is 5. The molecule has 0 fully saturated rings. The summed E-state index contributed by atoms with van der Waals surface area (Å²) >= 11 is 1.20. The molecule has 2 aromatic carbocycles. The van der Waals surface area contributed by atoms with E-state index in [1.807, 2.05) is 61.5 Å². The third-order valence-corrected chi connectivity index (χ3v) is 5.13. The van der Waals surface area contributed by atoms with E-state index in [0.717, 1.165) is 27.0 Å². The average Bonchev–Trinajstić information content (AvgIpc) is 2.70. The van der Waals surface area contributed by atoms with Crippen LogP contribution in [-0.2, 0) is 0 Å². The number of nitrogens with one attached hydrogen (secondary N) is 1. The first-order chi connectivity index (χ1) is 13.6. The van der Waals surface area contributed by atoms with Gasteiger partial charge in [0.2, 0.25) is 5.82 Å². The van der Waals surface area contributed by atoms with Gasteiger partial charge >= 0.3 is 5.69 Å². The van der Waals surface area contributed by atoms with Crippen molar-refractivity contribution in [3.05, 3.63) is 82.8 Å². The van der Waals surface area contributed by atoms with E-state index < -0.39 is 4.92 Å². The number of hydrogen-bond acceptors (Lipinski definition) is 7. The predicted octanol–water partition coefficient (Wildman–Crippen LogP) is 5.14. The van der Waals surface area contributed by atoms with Crippen LogP contribution >= 0.6 is 11.8 Å². The van der Waals surface area contributed by atoms with Crippen molar-refractivity contribution >= 4 is 39.9 Å². The van der Waals surface area contributed by atoms with Crippen molar-refractivity contribution in [3.63, 3.8) is 0 Å². The summed E-state index contributed by atoms with van der Waals surface area (Å²) in [6.07, 6.45) is 3.02. The molecule has 0 amide bonds. The minimum Gasteiger partial charge on any atom is -0.334 e. The molecule has 0 aliphatic rings. The summed E-state index contributed by atoms with van der Waals surface area (Å²) in [5, 5.41) is 16.0. The molecule has 2 aromatic heterocycles. The topological polar surface area (TPSA) is 93.8 Å². The molecule has 0 spiro atoms. The highest BCUT2D eigenvalue weighted by Gasteiger charge is 2.24. The highest BCUT2D eigenvalue weighted by Crippen LogP contribution is 2.39. The summed E-state index contributed by atoms with van der Waals surface area (Å²) in [5.41, 5.74) is 2.43. The molecular formula is C20H15N5O2S. The number of benzene rings is 2. The molecule has 1 N–H and O–H groups in total. The summed E-state index contributed by atoms with van der Waals surface area (Å²) < 4.78 is 0. The van der Waals surface area contributed by atoms with Crippen LogP contribution in [0.3, 0.4) is 0 Å². The van der Waals surface area contributed by atoms with E-state index in [1.165, 1.54) is 18.1 Å². The molecular weight excluding hydrogens is 374 g/mol. The summed E-state index contributed by atoms with van der Waals surface area (Å²) in [6, 6.07) is 17.1. The maximum absolute atomic E-state index is 11.8. The first-order valence-electron chi connectivity index (χ1n) is 8.46. The molecule has 0 saturated heterocycles. The fraction of sp³-hybridized carbons (Fsp3) is 0.0500. The minimum absolute atomic E-state index is 0.152. The predicted molar refractivity (Wildman–Crippen MR) is 109 cm³/mol. The second-order valence-electron chi connectivity index (χ2n) is 6.06. The average molecular weight is 389 g/mol. The van der Waals surface area contributed by atoms with Gasteiger partial charge < -0.3 is 5.32 Å². The van der Waals surface area contributed by atoms with Gasteiger partial charge in [0.15, 0.2) is 5.03 Å². The Morgan fingerprint density at radius 2 is 1.79 bits per heavy atom. The number of aromatic nitrogens is 3. The normalized spacial score (nSPS) is 10.8. The van der Waals surface area contributed by atoms with Gasteiger partial charge in [0.05, 0.1) is 10.4 Å². The van der Waals surface area contributed by atoms with Crippen LogP contribution in [0.2, 0.25) is 0 Å². The number of aryl methyl sites for hydroxylation is 1. The third kappa shape index (κ3) is 3.63. The lowest BCUT2D eigenvalue weighted by Gasteiger charge is -2.09. The van der Waals surface area contributed by atoms with E-state index in [2.05, 4.69) is 20.3 Å². The molecule has 0 aliphatic heterocycles. The van der Waals surface area contributed by atoms with Gasteiger partial charge in [-0.1, -0.05) is 47.7 Å². The smallest absolute Gasteiger partial charge is 0.334 e. The van der Waals surface area contributed by atoms with Crippen molar-refractivity contribution in [1.29, 1.82) is 0 Å². The van der Waals surface area contributed by atoms with Gasteiger partial charge in [-0.15, -0.1) is 0 Å². The zero-order valence-corrected chi connectivity index (χ0v) is 15.7. The fourth-order valence-electron chi connectivity index (χ4n) is 2.73. The number of hydrogen-bond donors (Lipinski definition) is 1. The Morgan fingerprint density at radius 1 is 1.00 bits per heavy atom. The minimum atomic E-state index is -0.461. The molecule has 2 heterocycles. The Kier molecular flexibility index (Phi) is 4.86. The van der Waals surface area contributed by atoms with Crippen LogP contribution in [0.15, 0.2) is 77.0 Å². The lowest BCUT2D eigenvalue weighted by Crippen LogP contribution is -2.03. The van der Waals surface area contributed by atoms with Crippen LogP contribution in [0, 0.1) is 17.0 Å². The molecule has 8 heteroatoms. The summed E-state index contributed by atoms with van der Waals surface area (Å²) in [7, 11) is 0. The van der Waals surface area contributed by atoms with Crippen LogP contribution in [0.4, 0.5) is 17.2 Å². The molecule has 0 bridgehead atoms. The number of fused-ring (bicyclic) bond motifs is 1. The highest BCUT2D eigenvalue weighted by molar-refractivity contribution is 7.99. The van der Waals surface area contributed by atoms with Crippen LogP contribution in [0.25, 0.3) is 10.9 Å². The van der Waals surface area contributed by atoms with Gasteiger partial charge in [0.25, 0.3) is 0 Å². The molecule has 0 radical (unpaired) electrons. The number of nitro groups is 1. The Hall–Kier alpha value is -3.52. The molecule has 0 saturated carbocycles. The third-order valence-electron chi connectivity index (χ3n) is 4.09. The van der Waals surface area contributed by atoms with Gasteiger partial charge in [0.1, 0.15) is 6.33 Å². The van der Waals surface area contributed by atoms with E-state index in [4.69, 9.17) is 0 Å². The largest absolute Gasteiger partial charge is 0.343 e. The Morgan fingerprint density at radius 3 is 2.57 bits per heavy atom. The highest BCUT2D eigenvalue weighted by atomic mass is 32.2. The maximum atomic E-state index is 11.8. The molecule has 138 valence electrons. The first kappa shape index (κ1) is 17.9. The van der Waals surface area contributed by atoms with Gasteiger partial charge in [-0.3, -0.25) is 15.1 Å². The molecule has 7 nitrogen and oxygen atoms in total. The fourth-order valence-corrected chi connectivity index (χ4v) is 3.72. The van der Waals surface area contributed by atoms with Crippen molar-refractivity contribution in [2.24, 2.45) is 0 Å². The lowest BCUT2D eigenvalue weighted by atomic mass is 10.2. The second kappa shape index (κ2) is 7.61. The van der Waals surface area contributed by atoms with Crippen molar-refractivity contribution < 1.29 is 4.92 Å². The quantitative estimate of drug-likeness (QED) is 0.287. The van der Waals surface area contributed by atoms with Crippen molar-refractivity contribution in [1.82, 2.24) is 15.0 Å². The Labute approximate surface area is 165 Å². The van der Waals surface area contributed by atoms with Crippen LogP contribution in [0.5, 0.6) is 0 Å². The number of anilines is 2. The summed E-state index contributed by atoms with van der Waals surface area (Å²) in [6.45, 7) is 1.98. The van der Waals surface area contributed by atoms with Crippen LogP contribution in [0.1, 0.15) is 5.56 Å². The first-order valence-corrected chi connectivity index (χ1v) is 9.28. The number of nitrogens with zero attached hydrogens (tertiary/aromatic N) is 4. The van der Waals surface area contributed by atoms with Gasteiger partial charge in [-0.25, -0.2) is 9.97 Å². The molecule has 0 unspecified atom stereocenters. The van der Waals surface area contributed by atoms with Gasteiger partial charge in [0, 0.05) is 22.2 Å². The van der Waals surface area contributed by atoms with Crippen LogP contribution in [-0.4, -0.2) is 19.9 Å². The zero-order valence-electron chi connectivity index (χ0n) is 14.9. The number of para-hydroxylation sites is 1. The summed E-state index contributed by atoms with van der Waals surface area (Å²) in [4.78, 5) is 24.8. The monoisotopic (exact) mass is 389 g/mol. The standard InChI is InChI=1S/C20H15N5O2S/c1-13-7-9-15(10-8-13)24-19-18(25(26)27)20(23-12-22-19)28-16-6-2-4-14-5-3-11-21-17(14)16/h2-12H,1H3,(H,22,23,24). The van der Waals surface area contributed by atoms with E-state index >= 15 is 0 Å². The SMILES string of the molecule is Cc1ccc(Nc2ncnc(Sc3cccc4cccnc34)c2[N+](=O)[O-])cc1. The molecule has 0 atom stereocenters. The Bertz CT molecular complexity index is 1160.